The van der Waals surface area contributed by atoms with Crippen molar-refractivity contribution in [2.24, 2.45) is 11.8 Å². The fourth-order valence-corrected chi connectivity index (χ4v) is 2.94. The Morgan fingerprint density at radius 3 is 2.71 bits per heavy atom. The highest BCUT2D eigenvalue weighted by Crippen LogP contribution is 2.32. The van der Waals surface area contributed by atoms with Gasteiger partial charge in [0.25, 0.3) is 0 Å². The maximum absolute atomic E-state index is 4.29. The van der Waals surface area contributed by atoms with Crippen LogP contribution < -0.4 is 0 Å². The van der Waals surface area contributed by atoms with Gasteiger partial charge in [-0.3, -0.25) is 4.68 Å². The van der Waals surface area contributed by atoms with E-state index in [9.17, 15) is 0 Å². The van der Waals surface area contributed by atoms with Gasteiger partial charge in [-0.1, -0.05) is 0 Å². The number of aromatic nitrogens is 2. The Bertz CT molecular complexity index is 285. The first kappa shape index (κ1) is 8.48. The molecule has 14 heavy (non-hydrogen) atoms. The summed E-state index contributed by atoms with van der Waals surface area (Å²) in [7, 11) is 0. The van der Waals surface area contributed by atoms with Gasteiger partial charge < -0.3 is 4.90 Å². The fourth-order valence-electron chi connectivity index (χ4n) is 2.94. The molecule has 1 atom stereocenters. The first-order valence-corrected chi connectivity index (χ1v) is 5.61. The summed E-state index contributed by atoms with van der Waals surface area (Å²) in [4.78, 5) is 2.61. The van der Waals surface area contributed by atoms with Crippen molar-refractivity contribution in [1.82, 2.24) is 14.7 Å². The molecule has 0 saturated carbocycles. The van der Waals surface area contributed by atoms with Crippen molar-refractivity contribution in [3.8, 4) is 0 Å². The molecule has 3 heteroatoms. The van der Waals surface area contributed by atoms with E-state index in [-0.39, 0.29) is 0 Å². The van der Waals surface area contributed by atoms with Gasteiger partial charge in [0.15, 0.2) is 0 Å². The molecule has 1 aromatic rings. The molecule has 0 aromatic carbocycles. The lowest BCUT2D eigenvalue weighted by Gasteiger charge is -2.44. The Hall–Kier alpha value is -0.830. The second-order valence-electron chi connectivity index (χ2n) is 4.63. The van der Waals surface area contributed by atoms with E-state index in [1.807, 2.05) is 12.3 Å². The third-order valence-electron chi connectivity index (χ3n) is 3.77. The Kier molecular flexibility index (Phi) is 2.05. The van der Waals surface area contributed by atoms with E-state index < -0.39 is 0 Å². The van der Waals surface area contributed by atoms with Crippen LogP contribution in [0.1, 0.15) is 12.8 Å². The average Bonchev–Trinajstić information content (AvgIpc) is 2.72. The molecule has 0 radical (unpaired) electrons. The molecule has 0 aliphatic carbocycles. The number of piperidine rings is 3. The van der Waals surface area contributed by atoms with Crippen LogP contribution >= 0.6 is 0 Å². The standard InChI is InChI=1S/C11H17N3/c1-4-12-14(5-1)9-11-8-13-6-2-10(11)3-7-13/h1,4-5,10-11H,2-3,6-9H2. The number of fused-ring (bicyclic) bond motifs is 3. The molecule has 0 amide bonds. The zero-order chi connectivity index (χ0) is 9.38. The fraction of sp³-hybridized carbons (Fsp3) is 0.727. The molecule has 4 rings (SSSR count). The smallest absolute Gasteiger partial charge is 0.0489 e. The summed E-state index contributed by atoms with van der Waals surface area (Å²) in [6, 6.07) is 2.02. The second kappa shape index (κ2) is 3.39. The van der Waals surface area contributed by atoms with Crippen molar-refractivity contribution in [3.05, 3.63) is 18.5 Å². The summed E-state index contributed by atoms with van der Waals surface area (Å²) >= 11 is 0. The maximum atomic E-state index is 4.29. The van der Waals surface area contributed by atoms with Gasteiger partial charge in [0.1, 0.15) is 0 Å². The third kappa shape index (κ3) is 1.46. The number of nitrogens with zero attached hydrogens (tertiary/aromatic N) is 3. The molecular weight excluding hydrogens is 174 g/mol. The predicted octanol–water partition coefficient (Wildman–Crippen LogP) is 1.22. The van der Waals surface area contributed by atoms with E-state index in [1.54, 1.807) is 0 Å². The molecule has 3 fully saturated rings. The van der Waals surface area contributed by atoms with Gasteiger partial charge in [-0.15, -0.1) is 0 Å². The van der Waals surface area contributed by atoms with E-state index in [4.69, 9.17) is 0 Å². The van der Waals surface area contributed by atoms with Gasteiger partial charge in [-0.2, -0.15) is 5.10 Å². The Balaban J connectivity index is 1.68. The normalized spacial score (nSPS) is 36.1. The van der Waals surface area contributed by atoms with Crippen molar-refractivity contribution in [3.63, 3.8) is 0 Å². The van der Waals surface area contributed by atoms with E-state index in [2.05, 4.69) is 20.9 Å². The minimum atomic E-state index is 0.845. The molecule has 4 heterocycles. The molecule has 1 aromatic heterocycles. The molecule has 76 valence electrons. The molecule has 0 N–H and O–H groups in total. The van der Waals surface area contributed by atoms with Gasteiger partial charge in [-0.25, -0.2) is 0 Å². The molecule has 3 saturated heterocycles. The van der Waals surface area contributed by atoms with Crippen LogP contribution in [0.3, 0.4) is 0 Å². The highest BCUT2D eigenvalue weighted by molar-refractivity contribution is 4.87. The minimum absolute atomic E-state index is 0.845. The Labute approximate surface area is 84.7 Å². The lowest BCUT2D eigenvalue weighted by molar-refractivity contribution is 0.0405. The van der Waals surface area contributed by atoms with E-state index in [1.165, 1.54) is 32.5 Å². The van der Waals surface area contributed by atoms with Crippen molar-refractivity contribution in [2.45, 2.75) is 19.4 Å². The van der Waals surface area contributed by atoms with Crippen LogP contribution in [0.15, 0.2) is 18.5 Å². The molecule has 3 nitrogen and oxygen atoms in total. The monoisotopic (exact) mass is 191 g/mol. The summed E-state index contributed by atoms with van der Waals surface area (Å²) in [6.45, 7) is 5.08. The van der Waals surface area contributed by atoms with E-state index in [0.29, 0.717) is 0 Å². The first-order valence-electron chi connectivity index (χ1n) is 5.61. The first-order chi connectivity index (χ1) is 6.92. The number of hydrogen-bond donors (Lipinski definition) is 0. The van der Waals surface area contributed by atoms with Crippen LogP contribution in [0.5, 0.6) is 0 Å². The molecule has 1 unspecified atom stereocenters. The van der Waals surface area contributed by atoms with Gasteiger partial charge in [-0.05, 0) is 43.8 Å². The van der Waals surface area contributed by atoms with Crippen LogP contribution in [0.25, 0.3) is 0 Å². The average molecular weight is 191 g/mol. The Morgan fingerprint density at radius 2 is 2.14 bits per heavy atom. The lowest BCUT2D eigenvalue weighted by atomic mass is 9.79. The maximum Gasteiger partial charge on any atom is 0.0489 e. The number of rotatable bonds is 2. The lowest BCUT2D eigenvalue weighted by Crippen LogP contribution is -2.48. The summed E-state index contributed by atoms with van der Waals surface area (Å²) in [6.07, 6.45) is 6.77. The summed E-state index contributed by atoms with van der Waals surface area (Å²) in [5, 5.41) is 4.29. The molecule has 3 aliphatic heterocycles. The second-order valence-corrected chi connectivity index (χ2v) is 4.63. The predicted molar refractivity (Wildman–Crippen MR) is 54.9 cm³/mol. The van der Waals surface area contributed by atoms with Crippen LogP contribution in [0.4, 0.5) is 0 Å². The Morgan fingerprint density at radius 1 is 1.29 bits per heavy atom. The van der Waals surface area contributed by atoms with Crippen LogP contribution in [-0.2, 0) is 6.54 Å². The third-order valence-corrected chi connectivity index (χ3v) is 3.77. The highest BCUT2D eigenvalue weighted by atomic mass is 15.3. The van der Waals surface area contributed by atoms with Crippen molar-refractivity contribution < 1.29 is 0 Å². The van der Waals surface area contributed by atoms with Crippen molar-refractivity contribution in [2.75, 3.05) is 19.6 Å². The molecule has 3 aliphatic rings. The van der Waals surface area contributed by atoms with Gasteiger partial charge in [0, 0.05) is 25.5 Å². The van der Waals surface area contributed by atoms with E-state index in [0.717, 1.165) is 18.4 Å². The quantitative estimate of drug-likeness (QED) is 0.701. The largest absolute Gasteiger partial charge is 0.303 e. The summed E-state index contributed by atoms with van der Waals surface area (Å²) < 4.78 is 2.09. The minimum Gasteiger partial charge on any atom is -0.303 e. The highest BCUT2D eigenvalue weighted by Gasteiger charge is 2.33. The zero-order valence-electron chi connectivity index (χ0n) is 8.47. The topological polar surface area (TPSA) is 21.1 Å². The van der Waals surface area contributed by atoms with Crippen LogP contribution in [0.2, 0.25) is 0 Å². The zero-order valence-corrected chi connectivity index (χ0v) is 8.47. The van der Waals surface area contributed by atoms with Gasteiger partial charge >= 0.3 is 0 Å². The van der Waals surface area contributed by atoms with Gasteiger partial charge in [0.05, 0.1) is 0 Å². The van der Waals surface area contributed by atoms with E-state index >= 15 is 0 Å². The van der Waals surface area contributed by atoms with Crippen LogP contribution in [-0.4, -0.2) is 34.3 Å². The van der Waals surface area contributed by atoms with Gasteiger partial charge in [0.2, 0.25) is 0 Å². The van der Waals surface area contributed by atoms with Crippen LogP contribution in [0, 0.1) is 11.8 Å². The summed E-state index contributed by atoms with van der Waals surface area (Å²) in [5.74, 6) is 1.81. The van der Waals surface area contributed by atoms with Crippen molar-refractivity contribution >= 4 is 0 Å². The van der Waals surface area contributed by atoms with Crippen molar-refractivity contribution in [1.29, 1.82) is 0 Å². The molecule has 0 spiro atoms. The molecule has 2 bridgehead atoms. The number of hydrogen-bond acceptors (Lipinski definition) is 2. The summed E-state index contributed by atoms with van der Waals surface area (Å²) in [5.41, 5.74) is 0. The molecular formula is C11H17N3. The SMILES string of the molecule is c1cnn(CC2CN3CCC2CC3)c1.